The minimum Gasteiger partial charge on any atom is -0.355 e. The molecule has 0 saturated carbocycles. The minimum atomic E-state index is -3.31. The van der Waals surface area contributed by atoms with E-state index in [1.165, 1.54) is 0 Å². The third-order valence-corrected chi connectivity index (χ3v) is 3.64. The van der Waals surface area contributed by atoms with Crippen LogP contribution in [0.2, 0.25) is 0 Å². The number of carbonyl (C=O) groups excluding carboxylic acids is 1. The number of hydrogen-bond acceptors (Lipinski definition) is 4. The van der Waals surface area contributed by atoms with Gasteiger partial charge in [0, 0.05) is 6.54 Å². The Morgan fingerprint density at radius 2 is 2.07 bits per heavy atom. The first kappa shape index (κ1) is 14.4. The van der Waals surface area contributed by atoms with Crippen molar-refractivity contribution in [3.63, 3.8) is 0 Å². The molecule has 3 N–H and O–H groups in total. The van der Waals surface area contributed by atoms with Crippen LogP contribution in [0.3, 0.4) is 0 Å². The maximum absolute atomic E-state index is 11.5. The highest BCUT2D eigenvalue weighted by Crippen LogP contribution is 2.00. The molecule has 0 aliphatic carbocycles. The smallest absolute Gasteiger partial charge is 0.235 e. The third-order valence-electron chi connectivity index (χ3n) is 1.86. The van der Waals surface area contributed by atoms with Crippen LogP contribution in [0.5, 0.6) is 0 Å². The molecule has 0 rings (SSSR count). The lowest BCUT2D eigenvalue weighted by atomic mass is 10.2. The highest BCUT2D eigenvalue weighted by atomic mass is 32.2. The Morgan fingerprint density at radius 3 is 2.53 bits per heavy atom. The molecule has 0 saturated heterocycles. The van der Waals surface area contributed by atoms with Gasteiger partial charge in [0.1, 0.15) is 5.75 Å². The van der Waals surface area contributed by atoms with E-state index in [1.807, 2.05) is 6.92 Å². The lowest BCUT2D eigenvalue weighted by molar-refractivity contribution is -0.118. The summed E-state index contributed by atoms with van der Waals surface area (Å²) in [5.41, 5.74) is 5.33. The maximum atomic E-state index is 11.5. The molecule has 1 unspecified atom stereocenters. The van der Waals surface area contributed by atoms with Crippen LogP contribution in [-0.4, -0.2) is 38.9 Å². The Hall–Kier alpha value is -0.620. The Labute approximate surface area is 91.3 Å². The summed E-state index contributed by atoms with van der Waals surface area (Å²) in [6, 6.07) is 0. The fourth-order valence-corrected chi connectivity index (χ4v) is 2.70. The largest absolute Gasteiger partial charge is 0.355 e. The predicted octanol–water partition coefficient (Wildman–Crippen LogP) is -0.478. The lowest BCUT2D eigenvalue weighted by Gasteiger charge is -2.09. The molecule has 1 atom stereocenters. The van der Waals surface area contributed by atoms with Crippen molar-refractivity contribution in [2.24, 2.45) is 11.7 Å². The second-order valence-electron chi connectivity index (χ2n) is 3.75. The first-order valence-corrected chi connectivity index (χ1v) is 6.90. The van der Waals surface area contributed by atoms with E-state index in [0.717, 1.165) is 6.42 Å². The van der Waals surface area contributed by atoms with Gasteiger partial charge in [-0.2, -0.15) is 0 Å². The average molecular weight is 236 g/mol. The van der Waals surface area contributed by atoms with Crippen LogP contribution in [0.25, 0.3) is 0 Å². The molecular formula is C9H20N2O3S. The molecule has 6 heteroatoms. The molecule has 0 fully saturated rings. The van der Waals surface area contributed by atoms with Gasteiger partial charge in [-0.25, -0.2) is 8.42 Å². The quantitative estimate of drug-likeness (QED) is 0.625. The molecule has 0 bridgehead atoms. The standard InChI is InChI=1S/C9H20N2O3S/c1-3-4-11-9(12)7-15(13,14)6-8(2)5-10/h8H,3-7,10H2,1-2H3,(H,11,12). The van der Waals surface area contributed by atoms with Gasteiger partial charge in [-0.05, 0) is 18.9 Å². The van der Waals surface area contributed by atoms with Gasteiger partial charge in [-0.3, -0.25) is 4.79 Å². The first-order chi connectivity index (χ1) is 6.91. The zero-order valence-corrected chi connectivity index (χ0v) is 10.1. The zero-order chi connectivity index (χ0) is 11.9. The summed E-state index contributed by atoms with van der Waals surface area (Å²) in [7, 11) is -3.31. The molecule has 0 aliphatic heterocycles. The summed E-state index contributed by atoms with van der Waals surface area (Å²) in [6.45, 7) is 4.49. The summed E-state index contributed by atoms with van der Waals surface area (Å²) in [4.78, 5) is 11.2. The topological polar surface area (TPSA) is 89.3 Å². The summed E-state index contributed by atoms with van der Waals surface area (Å²) in [5.74, 6) is -0.990. The molecule has 0 radical (unpaired) electrons. The Morgan fingerprint density at radius 1 is 1.47 bits per heavy atom. The van der Waals surface area contributed by atoms with Crippen molar-refractivity contribution in [2.45, 2.75) is 20.3 Å². The van der Waals surface area contributed by atoms with Crippen LogP contribution < -0.4 is 11.1 Å². The highest BCUT2D eigenvalue weighted by molar-refractivity contribution is 7.92. The van der Waals surface area contributed by atoms with Crippen molar-refractivity contribution in [1.82, 2.24) is 5.32 Å². The van der Waals surface area contributed by atoms with Crippen LogP contribution in [0.1, 0.15) is 20.3 Å². The lowest BCUT2D eigenvalue weighted by Crippen LogP contribution is -2.33. The second-order valence-corrected chi connectivity index (χ2v) is 5.85. The number of nitrogens with one attached hydrogen (secondary N) is 1. The Bertz CT molecular complexity index is 288. The van der Waals surface area contributed by atoms with Crippen molar-refractivity contribution < 1.29 is 13.2 Å². The second kappa shape index (κ2) is 6.79. The summed E-state index contributed by atoms with van der Waals surface area (Å²) in [6.07, 6.45) is 0.797. The van der Waals surface area contributed by atoms with Gasteiger partial charge in [0.25, 0.3) is 0 Å². The molecule has 0 aromatic rings. The normalized spacial score (nSPS) is 13.5. The van der Waals surface area contributed by atoms with E-state index >= 15 is 0 Å². The van der Waals surface area contributed by atoms with Crippen molar-refractivity contribution >= 4 is 15.7 Å². The molecule has 0 heterocycles. The molecule has 0 aromatic heterocycles. The van der Waals surface area contributed by atoms with Crippen LogP contribution in [-0.2, 0) is 14.6 Å². The van der Waals surface area contributed by atoms with E-state index in [2.05, 4.69) is 5.32 Å². The van der Waals surface area contributed by atoms with Crippen molar-refractivity contribution in [3.8, 4) is 0 Å². The number of sulfone groups is 1. The highest BCUT2D eigenvalue weighted by Gasteiger charge is 2.18. The van der Waals surface area contributed by atoms with E-state index in [9.17, 15) is 13.2 Å². The van der Waals surface area contributed by atoms with Crippen LogP contribution in [0.15, 0.2) is 0 Å². The summed E-state index contributed by atoms with van der Waals surface area (Å²) in [5, 5.41) is 2.53. The SMILES string of the molecule is CCCNC(=O)CS(=O)(=O)CC(C)CN. The molecule has 90 valence electrons. The van der Waals surface area contributed by atoms with Gasteiger partial charge in [-0.15, -0.1) is 0 Å². The van der Waals surface area contributed by atoms with Crippen LogP contribution in [0, 0.1) is 5.92 Å². The average Bonchev–Trinajstić information content (AvgIpc) is 2.12. The van der Waals surface area contributed by atoms with E-state index in [1.54, 1.807) is 6.92 Å². The molecule has 0 aromatic carbocycles. The van der Waals surface area contributed by atoms with E-state index in [0.29, 0.717) is 13.1 Å². The minimum absolute atomic E-state index is 0.0248. The number of carbonyl (C=O) groups is 1. The van der Waals surface area contributed by atoms with E-state index in [4.69, 9.17) is 5.73 Å². The van der Waals surface area contributed by atoms with Gasteiger partial charge in [0.2, 0.25) is 5.91 Å². The van der Waals surface area contributed by atoms with Gasteiger partial charge in [-0.1, -0.05) is 13.8 Å². The third kappa shape index (κ3) is 7.33. The molecule has 1 amide bonds. The van der Waals surface area contributed by atoms with Crippen molar-refractivity contribution in [1.29, 1.82) is 0 Å². The van der Waals surface area contributed by atoms with E-state index in [-0.39, 0.29) is 11.7 Å². The van der Waals surface area contributed by atoms with Gasteiger partial charge >= 0.3 is 0 Å². The number of rotatable bonds is 7. The first-order valence-electron chi connectivity index (χ1n) is 5.08. The fraction of sp³-hybridized carbons (Fsp3) is 0.889. The Kier molecular flexibility index (Phi) is 6.51. The molecule has 5 nitrogen and oxygen atoms in total. The van der Waals surface area contributed by atoms with Crippen LogP contribution >= 0.6 is 0 Å². The van der Waals surface area contributed by atoms with E-state index < -0.39 is 21.5 Å². The maximum Gasteiger partial charge on any atom is 0.235 e. The van der Waals surface area contributed by atoms with Crippen LogP contribution in [0.4, 0.5) is 0 Å². The molecule has 0 aliphatic rings. The Balaban J connectivity index is 4.08. The number of hydrogen-bond donors (Lipinski definition) is 2. The number of nitrogens with two attached hydrogens (primary N) is 1. The van der Waals surface area contributed by atoms with Crippen molar-refractivity contribution in [3.05, 3.63) is 0 Å². The molecular weight excluding hydrogens is 216 g/mol. The fourth-order valence-electron chi connectivity index (χ4n) is 1.08. The molecule has 0 spiro atoms. The predicted molar refractivity (Wildman–Crippen MR) is 60.2 cm³/mol. The monoisotopic (exact) mass is 236 g/mol. The van der Waals surface area contributed by atoms with Gasteiger partial charge in [0.05, 0.1) is 5.75 Å². The van der Waals surface area contributed by atoms with Gasteiger partial charge in [0.15, 0.2) is 9.84 Å². The van der Waals surface area contributed by atoms with Crippen molar-refractivity contribution in [2.75, 3.05) is 24.6 Å². The summed E-state index contributed by atoms with van der Waals surface area (Å²) >= 11 is 0. The van der Waals surface area contributed by atoms with Gasteiger partial charge < -0.3 is 11.1 Å². The zero-order valence-electron chi connectivity index (χ0n) is 9.32. The molecule has 15 heavy (non-hydrogen) atoms. The number of amides is 1. The summed E-state index contributed by atoms with van der Waals surface area (Å²) < 4.78 is 22.9.